The number of ether oxygens (including phenoxy) is 1. The van der Waals surface area contributed by atoms with E-state index in [1.807, 2.05) is 6.92 Å². The summed E-state index contributed by atoms with van der Waals surface area (Å²) < 4.78 is 4.04. The van der Waals surface area contributed by atoms with Crippen LogP contribution in [0.5, 0.6) is 0 Å². The zero-order valence-corrected chi connectivity index (χ0v) is 13.6. The highest BCUT2D eigenvalue weighted by Gasteiger charge is 2.50. The van der Waals surface area contributed by atoms with Gasteiger partial charge in [0.05, 0.1) is 22.6 Å². The topological polar surface area (TPSA) is 63.7 Å². The summed E-state index contributed by atoms with van der Waals surface area (Å²) in [6.45, 7) is 3.63. The number of carbonyl (C=O) groups excluding carboxylic acids is 3. The van der Waals surface area contributed by atoms with Crippen LogP contribution in [0.1, 0.15) is 41.0 Å². The molecule has 2 amide bonds. The number of esters is 1. The van der Waals surface area contributed by atoms with Crippen molar-refractivity contribution in [3.8, 4) is 0 Å². The number of hydrogen-bond donors (Lipinski definition) is 0. The minimum absolute atomic E-state index is 0.316. The van der Waals surface area contributed by atoms with Crippen molar-refractivity contribution in [2.45, 2.75) is 30.6 Å². The Morgan fingerprint density at radius 3 is 2.14 bits per heavy atom. The van der Waals surface area contributed by atoms with Gasteiger partial charge in [0.1, 0.15) is 0 Å². The number of methoxy groups -OCH3 is 1. The monoisotopic (exact) mass is 353 g/mol. The third-order valence-corrected chi connectivity index (χ3v) is 4.76. The van der Waals surface area contributed by atoms with Crippen LogP contribution in [0.2, 0.25) is 0 Å². The van der Waals surface area contributed by atoms with E-state index < -0.39 is 28.1 Å². The quantitative estimate of drug-likeness (QED) is 0.473. The van der Waals surface area contributed by atoms with Gasteiger partial charge in [-0.3, -0.25) is 14.5 Å². The average molecular weight is 354 g/mol. The van der Waals surface area contributed by atoms with Gasteiger partial charge in [-0.05, 0) is 25.5 Å². The Labute approximate surface area is 131 Å². The maximum atomic E-state index is 12.5. The Kier molecular flexibility index (Phi) is 4.18. The predicted octanol–water partition coefficient (Wildman–Crippen LogP) is 2.39. The summed E-state index contributed by atoms with van der Waals surface area (Å²) in [6.07, 6.45) is 0.542. The molecule has 2 atom stereocenters. The number of amides is 2. The van der Waals surface area contributed by atoms with Crippen molar-refractivity contribution < 1.29 is 19.1 Å². The van der Waals surface area contributed by atoms with Crippen molar-refractivity contribution in [1.82, 2.24) is 4.90 Å². The molecule has 0 spiro atoms. The summed E-state index contributed by atoms with van der Waals surface area (Å²) in [4.78, 5) is 38.2. The fourth-order valence-electron chi connectivity index (χ4n) is 2.37. The Bertz CT molecular complexity index is 576. The molecule has 1 aromatic rings. The minimum Gasteiger partial charge on any atom is -0.467 e. The third kappa shape index (κ3) is 2.48. The van der Waals surface area contributed by atoms with E-state index in [9.17, 15) is 14.4 Å². The maximum absolute atomic E-state index is 12.5. The van der Waals surface area contributed by atoms with Crippen molar-refractivity contribution in [2.24, 2.45) is 0 Å². The van der Waals surface area contributed by atoms with Crippen LogP contribution in [0.15, 0.2) is 24.3 Å². The standard InChI is InChI=1S/C15H16BrNO4/c1-4-15(2,16)11(14(20)21-3)17-12(18)9-7-5-6-8-10(9)13(17)19/h5-8,11H,4H2,1-3H3/t11-,15?/m1/s1. The lowest BCUT2D eigenvalue weighted by molar-refractivity contribution is -0.146. The molecule has 1 unspecified atom stereocenters. The van der Waals surface area contributed by atoms with Gasteiger partial charge >= 0.3 is 5.97 Å². The smallest absolute Gasteiger partial charge is 0.330 e. The van der Waals surface area contributed by atoms with Gasteiger partial charge in [0.15, 0.2) is 6.04 Å². The molecule has 0 fully saturated rings. The highest BCUT2D eigenvalue weighted by Crippen LogP contribution is 2.35. The zero-order chi connectivity index (χ0) is 15.8. The molecule has 1 aliphatic heterocycles. The molecule has 0 aromatic heterocycles. The predicted molar refractivity (Wildman–Crippen MR) is 80.4 cm³/mol. The Morgan fingerprint density at radius 2 is 1.76 bits per heavy atom. The SMILES string of the molecule is CCC(C)(Br)[C@@H](C(=O)OC)N1C(=O)c2ccccc2C1=O. The van der Waals surface area contributed by atoms with Gasteiger partial charge in [0.2, 0.25) is 0 Å². The van der Waals surface area contributed by atoms with Crippen LogP contribution in [-0.2, 0) is 9.53 Å². The molecule has 5 nitrogen and oxygen atoms in total. The highest BCUT2D eigenvalue weighted by molar-refractivity contribution is 9.10. The summed E-state index contributed by atoms with van der Waals surface area (Å²) in [5, 5.41) is 0. The molecular formula is C15H16BrNO4. The largest absolute Gasteiger partial charge is 0.467 e. The summed E-state index contributed by atoms with van der Waals surface area (Å²) >= 11 is 3.45. The molecule has 0 radical (unpaired) electrons. The molecule has 0 N–H and O–H groups in total. The van der Waals surface area contributed by atoms with E-state index in [1.165, 1.54) is 7.11 Å². The second-order valence-corrected chi connectivity index (χ2v) is 6.89. The van der Waals surface area contributed by atoms with E-state index in [0.717, 1.165) is 4.90 Å². The normalized spacial score (nSPS) is 18.2. The second-order valence-electron chi connectivity index (χ2n) is 5.08. The molecule has 1 aliphatic rings. The fourth-order valence-corrected chi connectivity index (χ4v) is 2.76. The molecule has 21 heavy (non-hydrogen) atoms. The second kappa shape index (κ2) is 5.60. The molecule has 0 aliphatic carbocycles. The lowest BCUT2D eigenvalue weighted by Gasteiger charge is -2.34. The number of alkyl halides is 1. The summed E-state index contributed by atoms with van der Waals surface area (Å²) in [5.74, 6) is -1.55. The molecule has 6 heteroatoms. The first kappa shape index (κ1) is 15.7. The Morgan fingerprint density at radius 1 is 1.29 bits per heavy atom. The number of halogens is 1. The molecule has 1 heterocycles. The number of benzene rings is 1. The number of nitrogens with zero attached hydrogens (tertiary/aromatic N) is 1. The van der Waals surface area contributed by atoms with Gasteiger partial charge in [-0.2, -0.15) is 0 Å². The molecular weight excluding hydrogens is 338 g/mol. The van der Waals surface area contributed by atoms with Crippen molar-refractivity contribution in [3.63, 3.8) is 0 Å². The van der Waals surface area contributed by atoms with Gasteiger partial charge < -0.3 is 4.74 Å². The first-order valence-corrected chi connectivity index (χ1v) is 7.38. The van der Waals surface area contributed by atoms with E-state index in [2.05, 4.69) is 15.9 Å². The van der Waals surface area contributed by atoms with Crippen molar-refractivity contribution >= 4 is 33.7 Å². The summed E-state index contributed by atoms with van der Waals surface area (Å²) in [6, 6.07) is 5.53. The van der Waals surface area contributed by atoms with E-state index in [-0.39, 0.29) is 0 Å². The summed E-state index contributed by atoms with van der Waals surface area (Å²) in [7, 11) is 1.24. The van der Waals surface area contributed by atoms with E-state index >= 15 is 0 Å². The van der Waals surface area contributed by atoms with Gasteiger partial charge in [0.25, 0.3) is 11.8 Å². The van der Waals surface area contributed by atoms with Crippen LogP contribution in [-0.4, -0.2) is 40.2 Å². The minimum atomic E-state index is -1.01. The lowest BCUT2D eigenvalue weighted by atomic mass is 9.97. The van der Waals surface area contributed by atoms with E-state index in [0.29, 0.717) is 17.5 Å². The molecule has 1 aromatic carbocycles. The zero-order valence-electron chi connectivity index (χ0n) is 12.1. The maximum Gasteiger partial charge on any atom is 0.330 e. The van der Waals surface area contributed by atoms with Crippen LogP contribution in [0.4, 0.5) is 0 Å². The van der Waals surface area contributed by atoms with Crippen molar-refractivity contribution in [1.29, 1.82) is 0 Å². The van der Waals surface area contributed by atoms with Gasteiger partial charge in [-0.25, -0.2) is 4.79 Å². The summed E-state index contributed by atoms with van der Waals surface area (Å²) in [5.41, 5.74) is 0.631. The number of carbonyl (C=O) groups is 3. The third-order valence-electron chi connectivity index (χ3n) is 3.77. The average Bonchev–Trinajstić information content (AvgIpc) is 2.73. The molecule has 0 saturated heterocycles. The Balaban J connectivity index is 2.51. The number of hydrogen-bond acceptors (Lipinski definition) is 4. The molecule has 112 valence electrons. The van der Waals surface area contributed by atoms with Crippen LogP contribution >= 0.6 is 15.9 Å². The van der Waals surface area contributed by atoms with Crippen LogP contribution in [0, 0.1) is 0 Å². The first-order chi connectivity index (χ1) is 9.85. The van der Waals surface area contributed by atoms with Crippen LogP contribution in [0.3, 0.4) is 0 Å². The van der Waals surface area contributed by atoms with Crippen LogP contribution in [0.25, 0.3) is 0 Å². The fraction of sp³-hybridized carbons (Fsp3) is 0.400. The van der Waals surface area contributed by atoms with Crippen LogP contribution < -0.4 is 0 Å². The Hall–Kier alpha value is -1.69. The van der Waals surface area contributed by atoms with Gasteiger partial charge in [-0.15, -0.1) is 0 Å². The lowest BCUT2D eigenvalue weighted by Crippen LogP contribution is -2.55. The molecule has 2 rings (SSSR count). The van der Waals surface area contributed by atoms with Crippen molar-refractivity contribution in [3.05, 3.63) is 35.4 Å². The highest BCUT2D eigenvalue weighted by atomic mass is 79.9. The number of imide groups is 1. The number of fused-ring (bicyclic) bond motifs is 1. The van der Waals surface area contributed by atoms with Gasteiger partial charge in [-0.1, -0.05) is 35.0 Å². The number of rotatable bonds is 4. The van der Waals surface area contributed by atoms with E-state index in [1.54, 1.807) is 31.2 Å². The first-order valence-electron chi connectivity index (χ1n) is 6.58. The molecule has 0 saturated carbocycles. The van der Waals surface area contributed by atoms with Crippen molar-refractivity contribution in [2.75, 3.05) is 7.11 Å². The van der Waals surface area contributed by atoms with Gasteiger partial charge in [0, 0.05) is 0 Å². The van der Waals surface area contributed by atoms with E-state index in [4.69, 9.17) is 4.74 Å². The molecule has 0 bridgehead atoms.